The summed E-state index contributed by atoms with van der Waals surface area (Å²) in [7, 11) is -3.47. The second-order valence-corrected chi connectivity index (χ2v) is 18.4. The second-order valence-electron chi connectivity index (χ2n) is 11.7. The highest BCUT2D eigenvalue weighted by atomic mass is 35.5. The fourth-order valence-corrected chi connectivity index (χ4v) is 8.67. The lowest BCUT2D eigenvalue weighted by molar-refractivity contribution is 0.0973. The number of aromatic nitrogens is 3. The minimum absolute atomic E-state index is 0.0191. The van der Waals surface area contributed by atoms with Crippen LogP contribution in [0.5, 0.6) is 0 Å². The van der Waals surface area contributed by atoms with Crippen molar-refractivity contribution >= 4 is 77.3 Å². The Labute approximate surface area is 252 Å². The third kappa shape index (κ3) is 6.35. The second kappa shape index (κ2) is 11.4. The number of anilines is 1. The maximum Gasteiger partial charge on any atom is 0.182 e. The van der Waals surface area contributed by atoms with Gasteiger partial charge in [0, 0.05) is 51.0 Å². The van der Waals surface area contributed by atoms with E-state index in [0.29, 0.717) is 17.4 Å². The van der Waals surface area contributed by atoms with Crippen LogP contribution < -0.4 is 9.62 Å². The van der Waals surface area contributed by atoms with Crippen molar-refractivity contribution in [2.45, 2.75) is 67.4 Å². The van der Waals surface area contributed by atoms with Crippen LogP contribution in [0.25, 0.3) is 10.1 Å². The van der Waals surface area contributed by atoms with Gasteiger partial charge in [0.15, 0.2) is 5.82 Å². The van der Waals surface area contributed by atoms with E-state index in [1.54, 1.807) is 18.7 Å². The summed E-state index contributed by atoms with van der Waals surface area (Å²) < 4.78 is 43.5. The molecule has 3 aromatic rings. The standard InChI is InChI=1S/C26H35ClN6O3S4/c1-16-23(31-39(34)25(2,3)4)26(15-36-16)9-11-33(12-10-26)19-13-29-20(14-28-19)37-18-8-7-17-22(21(18)27)38-30-24(17)32-40(5,6)35/h7-8,13-14,16,23,31H,9-12,15H2,1-6H3/t16-,23+,39+/m0/s1. The zero-order valence-electron chi connectivity index (χ0n) is 23.5. The topological polar surface area (TPSA) is 110 Å². The van der Waals surface area contributed by atoms with Crippen molar-refractivity contribution in [3.63, 3.8) is 0 Å². The Hall–Kier alpha value is -1.35. The molecule has 2 saturated heterocycles. The molecule has 2 aliphatic rings. The van der Waals surface area contributed by atoms with Gasteiger partial charge in [-0.2, -0.15) is 8.74 Å². The van der Waals surface area contributed by atoms with Crippen molar-refractivity contribution < 1.29 is 13.2 Å². The lowest BCUT2D eigenvalue weighted by Gasteiger charge is -2.43. The number of hydrogen-bond donors (Lipinski definition) is 1. The molecule has 1 spiro atoms. The van der Waals surface area contributed by atoms with E-state index in [9.17, 15) is 8.42 Å². The van der Waals surface area contributed by atoms with Gasteiger partial charge in [0.25, 0.3) is 0 Å². The summed E-state index contributed by atoms with van der Waals surface area (Å²) in [4.78, 5) is 12.5. The Morgan fingerprint density at radius 1 is 1.25 bits per heavy atom. The molecule has 0 bridgehead atoms. The van der Waals surface area contributed by atoms with Crippen molar-refractivity contribution in [2.24, 2.45) is 9.78 Å². The number of piperidine rings is 1. The number of nitrogens with zero attached hydrogens (tertiary/aromatic N) is 5. The first-order valence-corrected chi connectivity index (χ1v) is 18.5. The fourth-order valence-electron chi connectivity index (χ4n) is 5.06. The number of halogens is 1. The van der Waals surface area contributed by atoms with Crippen LogP contribution >= 0.6 is 34.9 Å². The monoisotopic (exact) mass is 642 g/mol. The van der Waals surface area contributed by atoms with E-state index in [1.165, 1.54) is 23.3 Å². The Kier molecular flexibility index (Phi) is 8.57. The highest BCUT2D eigenvalue weighted by Gasteiger charge is 2.50. The van der Waals surface area contributed by atoms with Crippen LogP contribution in [-0.4, -0.2) is 71.9 Å². The first-order chi connectivity index (χ1) is 18.8. The number of rotatable bonds is 6. The van der Waals surface area contributed by atoms with Gasteiger partial charge in [0.1, 0.15) is 10.8 Å². The molecule has 1 aromatic carbocycles. The molecular weight excluding hydrogens is 608 g/mol. The van der Waals surface area contributed by atoms with Crippen LogP contribution in [0.2, 0.25) is 5.02 Å². The largest absolute Gasteiger partial charge is 0.376 e. The Morgan fingerprint density at radius 2 is 1.98 bits per heavy atom. The van der Waals surface area contributed by atoms with Crippen LogP contribution in [0.4, 0.5) is 11.6 Å². The lowest BCUT2D eigenvalue weighted by Crippen LogP contribution is -2.55. The quantitative estimate of drug-likeness (QED) is 0.366. The first-order valence-electron chi connectivity index (χ1n) is 13.1. The van der Waals surface area contributed by atoms with E-state index in [1.807, 2.05) is 39.1 Å². The molecule has 3 atom stereocenters. The van der Waals surface area contributed by atoms with Crippen LogP contribution in [0, 0.1) is 5.41 Å². The van der Waals surface area contributed by atoms with Crippen LogP contribution in [0.1, 0.15) is 40.5 Å². The van der Waals surface area contributed by atoms with Crippen LogP contribution in [-0.2, 0) is 25.5 Å². The number of hydrogen-bond acceptors (Lipinski definition) is 10. The van der Waals surface area contributed by atoms with Crippen LogP contribution in [0.3, 0.4) is 0 Å². The molecule has 40 heavy (non-hydrogen) atoms. The average Bonchev–Trinajstić information content (AvgIpc) is 3.42. The highest BCUT2D eigenvalue weighted by Crippen LogP contribution is 2.44. The molecule has 14 heteroatoms. The average molecular weight is 643 g/mol. The predicted octanol–water partition coefficient (Wildman–Crippen LogP) is 5.68. The molecule has 218 valence electrons. The van der Waals surface area contributed by atoms with Crippen molar-refractivity contribution in [1.82, 2.24) is 19.1 Å². The summed E-state index contributed by atoms with van der Waals surface area (Å²) in [6.45, 7) is 10.4. The molecular formula is C26H35ClN6O3S4. The molecule has 0 radical (unpaired) electrons. The first kappa shape index (κ1) is 30.1. The third-order valence-corrected chi connectivity index (χ3v) is 12.0. The van der Waals surface area contributed by atoms with Crippen molar-refractivity contribution in [3.8, 4) is 0 Å². The maximum atomic E-state index is 12.9. The van der Waals surface area contributed by atoms with E-state index in [-0.39, 0.29) is 22.3 Å². The maximum absolute atomic E-state index is 12.9. The van der Waals surface area contributed by atoms with Crippen molar-refractivity contribution in [1.29, 1.82) is 0 Å². The molecule has 4 heterocycles. The Bertz CT molecular complexity index is 1530. The third-order valence-electron chi connectivity index (χ3n) is 7.30. The number of ether oxygens (including phenoxy) is 1. The molecule has 2 fully saturated rings. The van der Waals surface area contributed by atoms with E-state index in [0.717, 1.165) is 51.8 Å². The van der Waals surface area contributed by atoms with Gasteiger partial charge in [0.2, 0.25) is 0 Å². The molecule has 5 rings (SSSR count). The highest BCUT2D eigenvalue weighted by molar-refractivity contribution is 7.99. The Balaban J connectivity index is 1.25. The number of benzene rings is 1. The molecule has 9 nitrogen and oxygen atoms in total. The van der Waals surface area contributed by atoms with E-state index in [2.05, 4.69) is 30.3 Å². The van der Waals surface area contributed by atoms with Gasteiger partial charge in [-0.25, -0.2) is 23.1 Å². The van der Waals surface area contributed by atoms with Gasteiger partial charge in [-0.15, -0.1) is 0 Å². The molecule has 0 saturated carbocycles. The summed E-state index contributed by atoms with van der Waals surface area (Å²) in [6, 6.07) is 3.88. The van der Waals surface area contributed by atoms with Crippen molar-refractivity contribution in [2.75, 3.05) is 37.1 Å². The minimum atomic E-state index is -2.32. The molecule has 2 aromatic heterocycles. The van der Waals surface area contributed by atoms with Crippen LogP contribution in [0.15, 0.2) is 38.8 Å². The summed E-state index contributed by atoms with van der Waals surface area (Å²) in [6.07, 6.45) is 8.64. The van der Waals surface area contributed by atoms with E-state index >= 15 is 0 Å². The van der Waals surface area contributed by atoms with Gasteiger partial charge >= 0.3 is 0 Å². The zero-order chi connectivity index (χ0) is 28.9. The van der Waals surface area contributed by atoms with Gasteiger partial charge in [-0.3, -0.25) is 0 Å². The SMILES string of the molecule is C[C@@H]1OCC2(CCN(c3cnc(Sc4ccc5c(N=S(C)(C)=O)nsc5c4Cl)cn3)CC2)[C@@H]1N[S@](=O)C(C)(C)C. The smallest absolute Gasteiger partial charge is 0.182 e. The van der Waals surface area contributed by atoms with Crippen molar-refractivity contribution in [3.05, 3.63) is 29.5 Å². The molecule has 0 amide bonds. The molecule has 0 unspecified atom stereocenters. The lowest BCUT2D eigenvalue weighted by atomic mass is 9.73. The van der Waals surface area contributed by atoms with E-state index < -0.39 is 20.7 Å². The molecule has 1 N–H and O–H groups in total. The summed E-state index contributed by atoms with van der Waals surface area (Å²) in [5.41, 5.74) is -0.0377. The van der Waals surface area contributed by atoms with Gasteiger partial charge < -0.3 is 9.64 Å². The number of fused-ring (bicyclic) bond motifs is 1. The van der Waals surface area contributed by atoms with Gasteiger partial charge in [-0.1, -0.05) is 23.4 Å². The summed E-state index contributed by atoms with van der Waals surface area (Å²) >= 11 is 9.41. The fraction of sp³-hybridized carbons (Fsp3) is 0.577. The number of nitrogens with one attached hydrogen (secondary N) is 1. The summed E-state index contributed by atoms with van der Waals surface area (Å²) in [5.74, 6) is 1.30. The van der Waals surface area contributed by atoms with Gasteiger partial charge in [-0.05, 0) is 64.2 Å². The van der Waals surface area contributed by atoms with Gasteiger partial charge in [0.05, 0.1) is 56.6 Å². The molecule has 0 aliphatic carbocycles. The molecule has 2 aliphatic heterocycles. The minimum Gasteiger partial charge on any atom is -0.376 e. The zero-order valence-corrected chi connectivity index (χ0v) is 27.5. The normalized spacial score (nSPS) is 22.2. The van der Waals surface area contributed by atoms with E-state index in [4.69, 9.17) is 21.3 Å². The summed E-state index contributed by atoms with van der Waals surface area (Å²) in [5, 5.41) is 2.12. The Morgan fingerprint density at radius 3 is 2.60 bits per heavy atom. The predicted molar refractivity (Wildman–Crippen MR) is 167 cm³/mol.